The lowest BCUT2D eigenvalue weighted by atomic mass is 10.1. The number of fused-ring (bicyclic) bond motifs is 1. The topological polar surface area (TPSA) is 53.2 Å². The van der Waals surface area contributed by atoms with E-state index >= 15 is 0 Å². The number of methoxy groups -OCH3 is 1. The largest absolute Gasteiger partial charge is 0.383 e. The first kappa shape index (κ1) is 17.6. The van der Waals surface area contributed by atoms with Crippen LogP contribution in [0.4, 0.5) is 4.39 Å². The molecule has 3 rings (SSSR count). The first-order chi connectivity index (χ1) is 12.0. The molecule has 0 unspecified atom stereocenters. The molecule has 0 amide bonds. The normalized spacial score (nSPS) is 11.3. The monoisotopic (exact) mass is 362 g/mol. The summed E-state index contributed by atoms with van der Waals surface area (Å²) < 4.78 is 21.7. The molecule has 0 aliphatic rings. The molecule has 25 heavy (non-hydrogen) atoms. The molecule has 132 valence electrons. The Labute approximate surface area is 147 Å². The Bertz CT molecular complexity index is 1020. The van der Waals surface area contributed by atoms with Crippen molar-refractivity contribution in [2.24, 2.45) is 0 Å². The second kappa shape index (κ2) is 7.33. The van der Waals surface area contributed by atoms with E-state index in [1.807, 2.05) is 12.3 Å². The number of hydrogen-bond acceptors (Lipinski definition) is 4. The van der Waals surface area contributed by atoms with Gasteiger partial charge in [0.05, 0.1) is 18.5 Å². The highest BCUT2D eigenvalue weighted by atomic mass is 32.1. The molecule has 0 bridgehead atoms. The molecule has 0 radical (unpaired) electrons. The summed E-state index contributed by atoms with van der Waals surface area (Å²) in [5, 5.41) is 2.42. The van der Waals surface area contributed by atoms with Crippen LogP contribution in [0.2, 0.25) is 0 Å². The summed E-state index contributed by atoms with van der Waals surface area (Å²) in [5.74, 6) is -0.331. The zero-order valence-corrected chi connectivity index (χ0v) is 14.9. The number of benzene rings is 1. The van der Waals surface area contributed by atoms with Crippen molar-refractivity contribution in [3.63, 3.8) is 0 Å². The molecule has 2 heterocycles. The fourth-order valence-corrected chi connectivity index (χ4v) is 3.92. The third-order valence-electron chi connectivity index (χ3n) is 4.20. The van der Waals surface area contributed by atoms with Crippen LogP contribution in [-0.2, 0) is 24.2 Å². The number of aromatic nitrogens is 2. The lowest BCUT2D eigenvalue weighted by Crippen LogP contribution is -2.40. The fourth-order valence-electron chi connectivity index (χ4n) is 2.85. The molecule has 0 fully saturated rings. The zero-order chi connectivity index (χ0) is 18.0. The first-order valence-electron chi connectivity index (χ1n) is 7.98. The molecule has 2 aromatic heterocycles. The van der Waals surface area contributed by atoms with Crippen LogP contribution in [0.15, 0.2) is 39.2 Å². The molecule has 3 aromatic rings. The minimum absolute atomic E-state index is 0.136. The minimum Gasteiger partial charge on any atom is -0.383 e. The predicted octanol–water partition coefficient (Wildman–Crippen LogP) is 2.56. The second-order valence-corrected chi connectivity index (χ2v) is 6.68. The lowest BCUT2D eigenvalue weighted by Gasteiger charge is -2.12. The number of thiophene rings is 1. The molecular weight excluding hydrogens is 343 g/mol. The maximum absolute atomic E-state index is 13.8. The average Bonchev–Trinajstić information content (AvgIpc) is 2.98. The lowest BCUT2D eigenvalue weighted by molar-refractivity contribution is 0.186. The van der Waals surface area contributed by atoms with E-state index in [1.165, 1.54) is 22.0 Å². The highest BCUT2D eigenvalue weighted by Crippen LogP contribution is 2.21. The first-order valence-corrected chi connectivity index (χ1v) is 8.86. The number of rotatable bonds is 6. The van der Waals surface area contributed by atoms with Gasteiger partial charge in [0.15, 0.2) is 0 Å². The molecule has 0 atom stereocenters. The van der Waals surface area contributed by atoms with Gasteiger partial charge in [0, 0.05) is 13.7 Å². The molecule has 0 aliphatic heterocycles. The fraction of sp³-hybridized carbons (Fsp3) is 0.333. The predicted molar refractivity (Wildman–Crippen MR) is 97.1 cm³/mol. The van der Waals surface area contributed by atoms with Crippen molar-refractivity contribution >= 4 is 21.6 Å². The van der Waals surface area contributed by atoms with Crippen molar-refractivity contribution in [2.45, 2.75) is 26.4 Å². The molecule has 1 aromatic carbocycles. The Hall–Kier alpha value is -2.25. The van der Waals surface area contributed by atoms with E-state index in [0.717, 1.165) is 5.56 Å². The van der Waals surface area contributed by atoms with Gasteiger partial charge in [-0.05, 0) is 35.9 Å². The van der Waals surface area contributed by atoms with Crippen LogP contribution in [0.5, 0.6) is 0 Å². The van der Waals surface area contributed by atoms with Gasteiger partial charge in [-0.25, -0.2) is 9.18 Å². The van der Waals surface area contributed by atoms with E-state index < -0.39 is 0 Å². The number of ether oxygens (including phenoxy) is 1. The van der Waals surface area contributed by atoms with Crippen LogP contribution >= 0.6 is 11.3 Å². The van der Waals surface area contributed by atoms with Gasteiger partial charge in [-0.3, -0.25) is 13.9 Å². The van der Waals surface area contributed by atoms with Crippen LogP contribution < -0.4 is 11.2 Å². The smallest absolute Gasteiger partial charge is 0.332 e. The van der Waals surface area contributed by atoms with Crippen molar-refractivity contribution in [3.8, 4) is 0 Å². The minimum atomic E-state index is -0.382. The Morgan fingerprint density at radius 3 is 2.64 bits per heavy atom. The summed E-state index contributed by atoms with van der Waals surface area (Å²) in [5.41, 5.74) is 0.631. The molecule has 0 aliphatic carbocycles. The van der Waals surface area contributed by atoms with Crippen molar-refractivity contribution in [2.75, 3.05) is 13.7 Å². The molecule has 0 saturated heterocycles. The highest BCUT2D eigenvalue weighted by Gasteiger charge is 2.16. The Balaban J connectivity index is 2.08. The third-order valence-corrected chi connectivity index (χ3v) is 5.32. The zero-order valence-electron chi connectivity index (χ0n) is 14.1. The molecule has 5 nitrogen and oxygen atoms in total. The van der Waals surface area contributed by atoms with Gasteiger partial charge >= 0.3 is 5.69 Å². The Morgan fingerprint density at radius 2 is 1.92 bits per heavy atom. The van der Waals surface area contributed by atoms with Gasteiger partial charge in [-0.1, -0.05) is 18.2 Å². The maximum Gasteiger partial charge on any atom is 0.332 e. The SMILES string of the molecule is COCCn1c(=O)n(CCc2ccccc2F)c(=O)c2c(C)csc21. The number of halogens is 1. The summed E-state index contributed by atoms with van der Waals surface area (Å²) in [7, 11) is 1.57. The quantitative estimate of drug-likeness (QED) is 0.677. The van der Waals surface area contributed by atoms with E-state index in [0.29, 0.717) is 28.9 Å². The van der Waals surface area contributed by atoms with Crippen LogP contribution in [0.1, 0.15) is 11.1 Å². The standard InChI is InChI=1S/C18H19FN2O3S/c1-12-11-25-17-15(12)16(22)20(18(23)21(17)9-10-24-2)8-7-13-5-3-4-6-14(13)19/h3-6,11H,7-10H2,1-2H3. The molecule has 0 spiro atoms. The van der Waals surface area contributed by atoms with Crippen LogP contribution in [0, 0.1) is 12.7 Å². The summed E-state index contributed by atoms with van der Waals surface area (Å²) in [6, 6.07) is 6.40. The van der Waals surface area contributed by atoms with Crippen molar-refractivity contribution < 1.29 is 9.13 Å². The molecule has 0 N–H and O–H groups in total. The third kappa shape index (κ3) is 3.29. The van der Waals surface area contributed by atoms with Crippen molar-refractivity contribution in [3.05, 3.63) is 67.4 Å². The number of aryl methyl sites for hydroxylation is 2. The van der Waals surface area contributed by atoms with Crippen molar-refractivity contribution in [1.82, 2.24) is 9.13 Å². The Kier molecular flexibility index (Phi) is 5.15. The summed E-state index contributed by atoms with van der Waals surface area (Å²) in [4.78, 5) is 26.3. The van der Waals surface area contributed by atoms with Gasteiger partial charge in [0.1, 0.15) is 10.6 Å². The van der Waals surface area contributed by atoms with Gasteiger partial charge in [0.2, 0.25) is 0 Å². The molecule has 0 saturated carbocycles. The highest BCUT2D eigenvalue weighted by molar-refractivity contribution is 7.17. The molecule has 7 heteroatoms. The van der Waals surface area contributed by atoms with E-state index in [9.17, 15) is 14.0 Å². The second-order valence-electron chi connectivity index (χ2n) is 5.82. The van der Waals surface area contributed by atoms with E-state index in [-0.39, 0.29) is 30.0 Å². The van der Waals surface area contributed by atoms with E-state index in [1.54, 1.807) is 29.9 Å². The number of nitrogens with zero attached hydrogens (tertiary/aromatic N) is 2. The molecular formula is C18H19FN2O3S. The van der Waals surface area contributed by atoms with Crippen molar-refractivity contribution in [1.29, 1.82) is 0 Å². The van der Waals surface area contributed by atoms with Crippen LogP contribution in [-0.4, -0.2) is 22.9 Å². The van der Waals surface area contributed by atoms with E-state index in [4.69, 9.17) is 4.74 Å². The maximum atomic E-state index is 13.8. The average molecular weight is 362 g/mol. The summed E-state index contributed by atoms with van der Waals surface area (Å²) >= 11 is 1.38. The summed E-state index contributed by atoms with van der Waals surface area (Å²) in [6.07, 6.45) is 0.279. The van der Waals surface area contributed by atoms with Gasteiger partial charge in [-0.2, -0.15) is 0 Å². The summed E-state index contributed by atoms with van der Waals surface area (Å²) in [6.45, 7) is 2.73. The number of hydrogen-bond donors (Lipinski definition) is 0. The van der Waals surface area contributed by atoms with E-state index in [2.05, 4.69) is 0 Å². The van der Waals surface area contributed by atoms with Crippen LogP contribution in [0.3, 0.4) is 0 Å². The van der Waals surface area contributed by atoms with Gasteiger partial charge in [-0.15, -0.1) is 11.3 Å². The van der Waals surface area contributed by atoms with Gasteiger partial charge < -0.3 is 4.74 Å². The Morgan fingerprint density at radius 1 is 1.16 bits per heavy atom. The van der Waals surface area contributed by atoms with Crippen LogP contribution in [0.25, 0.3) is 10.2 Å². The van der Waals surface area contributed by atoms with Gasteiger partial charge in [0.25, 0.3) is 5.56 Å².